The number of ether oxygens (including phenoxy) is 2. The van der Waals surface area contributed by atoms with E-state index in [-0.39, 0.29) is 0 Å². The molecule has 0 fully saturated rings. The molecule has 0 bridgehead atoms. The minimum atomic E-state index is -0.508. The topological polar surface area (TPSA) is 41.9 Å². The zero-order valence-corrected chi connectivity index (χ0v) is 14.5. The van der Waals surface area contributed by atoms with Crippen LogP contribution >= 0.6 is 0 Å². The Bertz CT molecular complexity index is 423. The molecular formula is C18H31NO3. The maximum absolute atomic E-state index is 10.5. The molecule has 0 aliphatic heterocycles. The molecule has 1 unspecified atom stereocenters. The predicted molar refractivity (Wildman–Crippen MR) is 90.8 cm³/mol. The molecule has 4 nitrogen and oxygen atoms in total. The Morgan fingerprint density at radius 3 is 2.32 bits per heavy atom. The van der Waals surface area contributed by atoms with Crippen LogP contribution in [0.5, 0.6) is 11.5 Å². The Morgan fingerprint density at radius 2 is 1.73 bits per heavy atom. The molecule has 1 aromatic carbocycles. The van der Waals surface area contributed by atoms with Gasteiger partial charge in [-0.15, -0.1) is 0 Å². The van der Waals surface area contributed by atoms with Crippen LogP contribution in [0.25, 0.3) is 0 Å². The van der Waals surface area contributed by atoms with Crippen molar-refractivity contribution in [1.29, 1.82) is 0 Å². The van der Waals surface area contributed by atoms with Crippen molar-refractivity contribution in [3.8, 4) is 11.5 Å². The van der Waals surface area contributed by atoms with Crippen molar-refractivity contribution in [1.82, 2.24) is 4.90 Å². The van der Waals surface area contributed by atoms with E-state index >= 15 is 0 Å². The third kappa shape index (κ3) is 5.85. The summed E-state index contributed by atoms with van der Waals surface area (Å²) in [6.45, 7) is 12.0. The van der Waals surface area contributed by atoms with Crippen molar-refractivity contribution in [2.24, 2.45) is 0 Å². The van der Waals surface area contributed by atoms with Gasteiger partial charge in [0.2, 0.25) is 0 Å². The maximum atomic E-state index is 10.5. The van der Waals surface area contributed by atoms with Gasteiger partial charge in [-0.05, 0) is 51.1 Å². The van der Waals surface area contributed by atoms with Crippen LogP contribution in [0.2, 0.25) is 0 Å². The lowest BCUT2D eigenvalue weighted by Crippen LogP contribution is -2.29. The molecular weight excluding hydrogens is 278 g/mol. The first-order chi connectivity index (χ1) is 10.7. The molecule has 0 radical (unpaired) electrons. The van der Waals surface area contributed by atoms with E-state index in [9.17, 15) is 5.11 Å². The molecule has 0 aliphatic rings. The number of likely N-dealkylation sites (N-methyl/N-ethyl adjacent to an activating group) is 1. The maximum Gasteiger partial charge on any atom is 0.161 e. The van der Waals surface area contributed by atoms with Gasteiger partial charge in [-0.1, -0.05) is 26.3 Å². The van der Waals surface area contributed by atoms with Crippen LogP contribution in [0.15, 0.2) is 18.2 Å². The lowest BCUT2D eigenvalue weighted by molar-refractivity contribution is 0.115. The van der Waals surface area contributed by atoms with Gasteiger partial charge in [0.15, 0.2) is 11.5 Å². The summed E-state index contributed by atoms with van der Waals surface area (Å²) in [5.41, 5.74) is 0.877. The van der Waals surface area contributed by atoms with Gasteiger partial charge >= 0.3 is 0 Å². The van der Waals surface area contributed by atoms with E-state index in [4.69, 9.17) is 9.47 Å². The second kappa shape index (κ2) is 10.5. The van der Waals surface area contributed by atoms with Crippen LogP contribution in [0.4, 0.5) is 0 Å². The summed E-state index contributed by atoms with van der Waals surface area (Å²) < 4.78 is 11.2. The molecule has 126 valence electrons. The van der Waals surface area contributed by atoms with Gasteiger partial charge in [-0.2, -0.15) is 0 Å². The number of unbranched alkanes of at least 4 members (excludes halogenated alkanes) is 1. The summed E-state index contributed by atoms with van der Waals surface area (Å²) in [6.07, 6.45) is 1.82. The molecule has 4 heteroatoms. The smallest absolute Gasteiger partial charge is 0.161 e. The van der Waals surface area contributed by atoms with Gasteiger partial charge in [0.1, 0.15) is 0 Å². The number of rotatable bonds is 11. The fraction of sp³-hybridized carbons (Fsp3) is 0.667. The Balaban J connectivity index is 2.79. The van der Waals surface area contributed by atoms with E-state index in [1.54, 1.807) is 0 Å². The highest BCUT2D eigenvalue weighted by atomic mass is 16.5. The highest BCUT2D eigenvalue weighted by molar-refractivity contribution is 5.43. The molecule has 1 N–H and O–H groups in total. The largest absolute Gasteiger partial charge is 0.490 e. The van der Waals surface area contributed by atoms with Crippen molar-refractivity contribution >= 4 is 0 Å². The molecule has 0 aliphatic carbocycles. The van der Waals surface area contributed by atoms with Crippen LogP contribution in [0.1, 0.15) is 52.2 Å². The number of aliphatic hydroxyl groups excluding tert-OH is 1. The van der Waals surface area contributed by atoms with Crippen molar-refractivity contribution in [3.63, 3.8) is 0 Å². The number of aliphatic hydroxyl groups is 1. The standard InChI is InChI=1S/C18H31NO3/c1-5-9-12-19(6-2)14-16(20)15-10-11-17(21-7-3)18(13-15)22-8-4/h10-11,13,16,20H,5-9,12,14H2,1-4H3. The number of nitrogens with zero attached hydrogens (tertiary/aromatic N) is 1. The lowest BCUT2D eigenvalue weighted by Gasteiger charge is -2.24. The number of hydrogen-bond donors (Lipinski definition) is 1. The molecule has 0 spiro atoms. The summed E-state index contributed by atoms with van der Waals surface area (Å²) >= 11 is 0. The third-order valence-electron chi connectivity index (χ3n) is 3.66. The minimum absolute atomic E-state index is 0.508. The van der Waals surface area contributed by atoms with E-state index in [1.807, 2.05) is 32.0 Å². The average molecular weight is 309 g/mol. The zero-order valence-electron chi connectivity index (χ0n) is 14.5. The van der Waals surface area contributed by atoms with Gasteiger partial charge in [0.25, 0.3) is 0 Å². The number of hydrogen-bond acceptors (Lipinski definition) is 4. The summed E-state index contributed by atoms with van der Waals surface area (Å²) in [5, 5.41) is 10.5. The fourth-order valence-corrected chi connectivity index (χ4v) is 2.39. The number of benzene rings is 1. The lowest BCUT2D eigenvalue weighted by atomic mass is 10.1. The van der Waals surface area contributed by atoms with Crippen molar-refractivity contribution in [2.45, 2.75) is 46.6 Å². The summed E-state index contributed by atoms with van der Waals surface area (Å²) in [6, 6.07) is 5.70. The second-order valence-corrected chi connectivity index (χ2v) is 5.33. The fourth-order valence-electron chi connectivity index (χ4n) is 2.39. The quantitative estimate of drug-likeness (QED) is 0.677. The van der Waals surface area contributed by atoms with Crippen LogP contribution in [0.3, 0.4) is 0 Å². The molecule has 1 atom stereocenters. The molecule has 0 heterocycles. The third-order valence-corrected chi connectivity index (χ3v) is 3.66. The molecule has 22 heavy (non-hydrogen) atoms. The first-order valence-electron chi connectivity index (χ1n) is 8.46. The van der Waals surface area contributed by atoms with Crippen LogP contribution in [-0.4, -0.2) is 42.9 Å². The van der Waals surface area contributed by atoms with Crippen molar-refractivity contribution in [3.05, 3.63) is 23.8 Å². The van der Waals surface area contributed by atoms with Gasteiger partial charge in [-0.25, -0.2) is 0 Å². The predicted octanol–water partition coefficient (Wildman–Crippen LogP) is 3.64. The minimum Gasteiger partial charge on any atom is -0.490 e. The highest BCUT2D eigenvalue weighted by Gasteiger charge is 2.15. The van der Waals surface area contributed by atoms with E-state index < -0.39 is 6.10 Å². The SMILES string of the molecule is CCCCN(CC)CC(O)c1ccc(OCC)c(OCC)c1. The normalized spacial score (nSPS) is 12.5. The molecule has 1 rings (SSSR count). The van der Waals surface area contributed by atoms with E-state index in [0.29, 0.717) is 25.5 Å². The Morgan fingerprint density at radius 1 is 1.05 bits per heavy atom. The van der Waals surface area contributed by atoms with Gasteiger partial charge in [0, 0.05) is 6.54 Å². The molecule has 0 aromatic heterocycles. The van der Waals surface area contributed by atoms with E-state index in [1.165, 1.54) is 6.42 Å². The van der Waals surface area contributed by atoms with Crippen LogP contribution < -0.4 is 9.47 Å². The highest BCUT2D eigenvalue weighted by Crippen LogP contribution is 2.31. The zero-order chi connectivity index (χ0) is 16.4. The Labute approximate surface area is 135 Å². The summed E-state index contributed by atoms with van der Waals surface area (Å²) in [7, 11) is 0. The molecule has 0 saturated heterocycles. The van der Waals surface area contributed by atoms with E-state index in [0.717, 1.165) is 30.8 Å². The Kier molecular flexibility index (Phi) is 8.94. The Hall–Kier alpha value is -1.26. The van der Waals surface area contributed by atoms with Gasteiger partial charge in [-0.3, -0.25) is 0 Å². The summed E-state index contributed by atoms with van der Waals surface area (Å²) in [5.74, 6) is 1.44. The molecule has 0 amide bonds. The first kappa shape index (κ1) is 18.8. The van der Waals surface area contributed by atoms with E-state index in [2.05, 4.69) is 18.7 Å². The van der Waals surface area contributed by atoms with Crippen LogP contribution in [0, 0.1) is 0 Å². The van der Waals surface area contributed by atoms with Crippen LogP contribution in [-0.2, 0) is 0 Å². The second-order valence-electron chi connectivity index (χ2n) is 5.33. The van der Waals surface area contributed by atoms with Gasteiger partial charge in [0.05, 0.1) is 19.3 Å². The molecule has 0 saturated carbocycles. The monoisotopic (exact) mass is 309 g/mol. The average Bonchev–Trinajstić information content (AvgIpc) is 2.53. The van der Waals surface area contributed by atoms with Crippen molar-refractivity contribution < 1.29 is 14.6 Å². The first-order valence-corrected chi connectivity index (χ1v) is 8.46. The van der Waals surface area contributed by atoms with Crippen molar-refractivity contribution in [2.75, 3.05) is 32.8 Å². The summed E-state index contributed by atoms with van der Waals surface area (Å²) in [4.78, 5) is 2.28. The van der Waals surface area contributed by atoms with Gasteiger partial charge < -0.3 is 19.5 Å². The molecule has 1 aromatic rings.